The molecule has 0 aliphatic heterocycles. The summed E-state index contributed by atoms with van der Waals surface area (Å²) in [6.07, 6.45) is 4.78. The van der Waals surface area contributed by atoms with Crippen molar-refractivity contribution < 1.29 is 0 Å². The van der Waals surface area contributed by atoms with Crippen LogP contribution in [0.1, 0.15) is 31.0 Å². The Morgan fingerprint density at radius 2 is 1.94 bits per heavy atom. The smallest absolute Gasteiger partial charge is 0.0646 e. The third-order valence-corrected chi connectivity index (χ3v) is 3.31. The van der Waals surface area contributed by atoms with Crippen molar-refractivity contribution in [3.8, 4) is 0 Å². The second-order valence-electron chi connectivity index (χ2n) is 4.93. The Hall–Kier alpha value is -1.61. The highest BCUT2D eigenvalue weighted by molar-refractivity contribution is 5.26. The summed E-state index contributed by atoms with van der Waals surface area (Å²) < 4.78 is 1.83. The lowest BCUT2D eigenvalue weighted by Crippen LogP contribution is -2.39. The zero-order chi connectivity index (χ0) is 13.0. The Bertz CT molecular complexity index is 489. The normalized spacial score (nSPS) is 14.4. The second-order valence-corrected chi connectivity index (χ2v) is 4.93. The summed E-state index contributed by atoms with van der Waals surface area (Å²) in [6.45, 7) is 2.17. The molecule has 18 heavy (non-hydrogen) atoms. The molecule has 0 bridgehead atoms. The predicted molar refractivity (Wildman–Crippen MR) is 74.1 cm³/mol. The monoisotopic (exact) mass is 243 g/mol. The maximum absolute atomic E-state index is 6.62. The first-order valence-electron chi connectivity index (χ1n) is 6.47. The second kappa shape index (κ2) is 5.36. The third kappa shape index (κ3) is 2.79. The molecule has 0 aliphatic carbocycles. The molecule has 2 rings (SSSR count). The van der Waals surface area contributed by atoms with E-state index in [4.69, 9.17) is 5.73 Å². The molecule has 0 fully saturated rings. The van der Waals surface area contributed by atoms with E-state index in [2.05, 4.69) is 24.2 Å². The van der Waals surface area contributed by atoms with Gasteiger partial charge in [-0.05, 0) is 18.1 Å². The molecule has 0 radical (unpaired) electrons. The molecule has 1 aromatic heterocycles. The van der Waals surface area contributed by atoms with Crippen LogP contribution in [-0.4, -0.2) is 9.78 Å². The Morgan fingerprint density at radius 3 is 2.50 bits per heavy atom. The van der Waals surface area contributed by atoms with Gasteiger partial charge in [-0.2, -0.15) is 5.10 Å². The molecule has 1 unspecified atom stereocenters. The van der Waals surface area contributed by atoms with Crippen LogP contribution < -0.4 is 5.73 Å². The molecule has 1 atom stereocenters. The topological polar surface area (TPSA) is 43.8 Å². The van der Waals surface area contributed by atoms with E-state index in [-0.39, 0.29) is 5.54 Å². The van der Waals surface area contributed by atoms with E-state index < -0.39 is 0 Å². The Balaban J connectivity index is 2.26. The lowest BCUT2D eigenvalue weighted by Gasteiger charge is -2.29. The third-order valence-electron chi connectivity index (χ3n) is 3.31. The van der Waals surface area contributed by atoms with Crippen molar-refractivity contribution in [1.82, 2.24) is 9.78 Å². The molecular weight excluding hydrogens is 222 g/mol. The van der Waals surface area contributed by atoms with Crippen LogP contribution in [0, 0.1) is 0 Å². The summed E-state index contributed by atoms with van der Waals surface area (Å²) in [4.78, 5) is 0. The molecule has 2 N–H and O–H groups in total. The molecule has 2 aromatic rings. The Morgan fingerprint density at radius 1 is 1.22 bits per heavy atom. The highest BCUT2D eigenvalue weighted by Crippen LogP contribution is 2.27. The molecule has 0 amide bonds. The van der Waals surface area contributed by atoms with Crippen LogP contribution in [0.4, 0.5) is 0 Å². The molecule has 3 nitrogen and oxygen atoms in total. The number of rotatable bonds is 5. The van der Waals surface area contributed by atoms with E-state index in [0.717, 1.165) is 25.0 Å². The summed E-state index contributed by atoms with van der Waals surface area (Å²) in [7, 11) is 1.93. The molecule has 0 spiro atoms. The standard InChI is InChI=1S/C15H21N3/c1-3-10-15(16,13-7-5-4-6-8-13)12-14-9-11-18(2)17-14/h4-9,11H,3,10,12,16H2,1-2H3. The van der Waals surface area contributed by atoms with E-state index in [9.17, 15) is 0 Å². The van der Waals surface area contributed by atoms with Crippen LogP contribution in [0.5, 0.6) is 0 Å². The first-order valence-corrected chi connectivity index (χ1v) is 6.47. The minimum atomic E-state index is -0.315. The Kier molecular flexibility index (Phi) is 3.82. The highest BCUT2D eigenvalue weighted by Gasteiger charge is 2.27. The number of hydrogen-bond donors (Lipinski definition) is 1. The van der Waals surface area contributed by atoms with Gasteiger partial charge in [0.05, 0.1) is 5.69 Å². The number of nitrogens with zero attached hydrogens (tertiary/aromatic N) is 2. The fraction of sp³-hybridized carbons (Fsp3) is 0.400. The van der Waals surface area contributed by atoms with Gasteiger partial charge in [0.2, 0.25) is 0 Å². The van der Waals surface area contributed by atoms with E-state index in [0.29, 0.717) is 0 Å². The summed E-state index contributed by atoms with van der Waals surface area (Å²) in [5, 5.41) is 4.44. The van der Waals surface area contributed by atoms with E-state index >= 15 is 0 Å². The van der Waals surface area contributed by atoms with Crippen molar-refractivity contribution in [1.29, 1.82) is 0 Å². The van der Waals surface area contributed by atoms with Crippen molar-refractivity contribution in [2.75, 3.05) is 0 Å². The molecule has 1 aromatic carbocycles. The van der Waals surface area contributed by atoms with Crippen LogP contribution in [0.15, 0.2) is 42.6 Å². The fourth-order valence-electron chi connectivity index (χ4n) is 2.43. The van der Waals surface area contributed by atoms with Gasteiger partial charge in [0.15, 0.2) is 0 Å². The van der Waals surface area contributed by atoms with Gasteiger partial charge in [0, 0.05) is 25.2 Å². The van der Waals surface area contributed by atoms with Crippen molar-refractivity contribution in [2.45, 2.75) is 31.7 Å². The van der Waals surface area contributed by atoms with Gasteiger partial charge in [0.1, 0.15) is 0 Å². The van der Waals surface area contributed by atoms with E-state index in [1.165, 1.54) is 5.56 Å². The zero-order valence-electron chi connectivity index (χ0n) is 11.1. The molecule has 0 saturated carbocycles. The van der Waals surface area contributed by atoms with Crippen LogP contribution in [-0.2, 0) is 19.0 Å². The first kappa shape index (κ1) is 12.8. The largest absolute Gasteiger partial charge is 0.321 e. The summed E-state index contributed by atoms with van der Waals surface area (Å²) >= 11 is 0. The lowest BCUT2D eigenvalue weighted by atomic mass is 9.82. The highest BCUT2D eigenvalue weighted by atomic mass is 15.2. The predicted octanol–water partition coefficient (Wildman–Crippen LogP) is 2.62. The number of nitrogens with two attached hydrogens (primary N) is 1. The van der Waals surface area contributed by atoms with Gasteiger partial charge in [-0.25, -0.2) is 0 Å². The molecule has 0 saturated heterocycles. The van der Waals surface area contributed by atoms with Crippen molar-refractivity contribution in [3.05, 3.63) is 53.9 Å². The Labute approximate surface area is 109 Å². The summed E-state index contributed by atoms with van der Waals surface area (Å²) in [5.41, 5.74) is 8.55. The minimum Gasteiger partial charge on any atom is -0.321 e. The maximum Gasteiger partial charge on any atom is 0.0646 e. The van der Waals surface area contributed by atoms with Crippen LogP contribution >= 0.6 is 0 Å². The van der Waals surface area contributed by atoms with Gasteiger partial charge in [0.25, 0.3) is 0 Å². The summed E-state index contributed by atoms with van der Waals surface area (Å²) in [5.74, 6) is 0. The molecule has 3 heteroatoms. The molecule has 96 valence electrons. The average molecular weight is 243 g/mol. The lowest BCUT2D eigenvalue weighted by molar-refractivity contribution is 0.395. The van der Waals surface area contributed by atoms with Crippen LogP contribution in [0.3, 0.4) is 0 Å². The SMILES string of the molecule is CCCC(N)(Cc1ccn(C)n1)c1ccccc1. The van der Waals surface area contributed by atoms with Crippen LogP contribution in [0.25, 0.3) is 0 Å². The minimum absolute atomic E-state index is 0.315. The van der Waals surface area contributed by atoms with Crippen molar-refractivity contribution in [3.63, 3.8) is 0 Å². The number of benzene rings is 1. The molecule has 1 heterocycles. The van der Waals surface area contributed by atoms with Crippen molar-refractivity contribution >= 4 is 0 Å². The van der Waals surface area contributed by atoms with Gasteiger partial charge < -0.3 is 5.73 Å². The quantitative estimate of drug-likeness (QED) is 0.877. The van der Waals surface area contributed by atoms with Crippen LogP contribution in [0.2, 0.25) is 0 Å². The van der Waals surface area contributed by atoms with Gasteiger partial charge in [-0.1, -0.05) is 43.7 Å². The van der Waals surface area contributed by atoms with Gasteiger partial charge in [-0.3, -0.25) is 4.68 Å². The maximum atomic E-state index is 6.62. The zero-order valence-corrected chi connectivity index (χ0v) is 11.1. The number of aryl methyl sites for hydroxylation is 1. The number of aromatic nitrogens is 2. The first-order chi connectivity index (χ1) is 8.64. The fourth-order valence-corrected chi connectivity index (χ4v) is 2.43. The average Bonchev–Trinajstić information content (AvgIpc) is 2.76. The molecular formula is C15H21N3. The van der Waals surface area contributed by atoms with Gasteiger partial charge >= 0.3 is 0 Å². The number of hydrogen-bond acceptors (Lipinski definition) is 2. The van der Waals surface area contributed by atoms with Crippen molar-refractivity contribution in [2.24, 2.45) is 12.8 Å². The molecule has 0 aliphatic rings. The van der Waals surface area contributed by atoms with Gasteiger partial charge in [-0.15, -0.1) is 0 Å². The summed E-state index contributed by atoms with van der Waals surface area (Å²) in [6, 6.07) is 12.4. The van der Waals surface area contributed by atoms with E-state index in [1.54, 1.807) is 0 Å². The van der Waals surface area contributed by atoms with E-state index in [1.807, 2.05) is 42.2 Å².